The number of ketones is 1. The number of rotatable bonds is 4. The highest BCUT2D eigenvalue weighted by Crippen LogP contribution is 2.17. The molecule has 0 radical (unpaired) electrons. The molecule has 0 spiro atoms. The number of carbonyl (C=O) groups excluding carboxylic acids is 1. The van der Waals surface area contributed by atoms with Crippen LogP contribution in [0.15, 0.2) is 36.9 Å². The van der Waals surface area contributed by atoms with Gasteiger partial charge in [0.1, 0.15) is 12.4 Å². The fraction of sp³-hybridized carbons (Fsp3) is 0.0833. The highest BCUT2D eigenvalue weighted by Gasteiger charge is 2.08. The first-order chi connectivity index (χ1) is 6.79. The predicted molar refractivity (Wildman–Crippen MR) is 55.3 cm³/mol. The van der Waals surface area contributed by atoms with Crippen LogP contribution in [-0.2, 0) is 0 Å². The van der Waals surface area contributed by atoms with Crippen LogP contribution in [0.2, 0.25) is 0 Å². The molecule has 0 heterocycles. The first kappa shape index (κ1) is 10.1. The van der Waals surface area contributed by atoms with Gasteiger partial charge in [-0.05, 0) is 18.1 Å². The Balaban J connectivity index is 2.98. The largest absolute Gasteiger partial charge is 0.489 e. The third-order valence-corrected chi connectivity index (χ3v) is 1.62. The molecule has 2 nitrogen and oxygen atoms in total. The monoisotopic (exact) mass is 186 g/mol. The van der Waals surface area contributed by atoms with E-state index in [1.807, 2.05) is 0 Å². The molecule has 0 aromatic heterocycles. The van der Waals surface area contributed by atoms with Crippen molar-refractivity contribution in [3.63, 3.8) is 0 Å². The van der Waals surface area contributed by atoms with Crippen molar-refractivity contribution in [2.24, 2.45) is 0 Å². The van der Waals surface area contributed by atoms with E-state index in [2.05, 4.69) is 12.5 Å². The second-order valence-electron chi connectivity index (χ2n) is 2.57. The smallest absolute Gasteiger partial charge is 0.239 e. The molecule has 0 aliphatic heterocycles. The summed E-state index contributed by atoms with van der Waals surface area (Å²) < 4.78 is 5.27. The standard InChI is InChI=1S/C12H10O2/c1-3-9-14-12-8-6-5-7-10(12)11(13)4-2/h2-3,5-8H,1,9H2. The second-order valence-corrected chi connectivity index (χ2v) is 2.57. The lowest BCUT2D eigenvalue weighted by Crippen LogP contribution is -2.01. The van der Waals surface area contributed by atoms with E-state index in [4.69, 9.17) is 11.2 Å². The molecule has 0 amide bonds. The van der Waals surface area contributed by atoms with Gasteiger partial charge in [-0.2, -0.15) is 0 Å². The van der Waals surface area contributed by atoms with Crippen molar-refractivity contribution in [1.82, 2.24) is 0 Å². The minimum Gasteiger partial charge on any atom is -0.489 e. The molecule has 70 valence electrons. The predicted octanol–water partition coefficient (Wildman–Crippen LogP) is 2.07. The Kier molecular flexibility index (Phi) is 3.51. The first-order valence-corrected chi connectivity index (χ1v) is 4.13. The number of carbonyl (C=O) groups is 1. The van der Waals surface area contributed by atoms with Gasteiger partial charge < -0.3 is 4.74 Å². The van der Waals surface area contributed by atoms with Gasteiger partial charge >= 0.3 is 0 Å². The summed E-state index contributed by atoms with van der Waals surface area (Å²) >= 11 is 0. The summed E-state index contributed by atoms with van der Waals surface area (Å²) in [6.07, 6.45) is 6.63. The van der Waals surface area contributed by atoms with E-state index < -0.39 is 0 Å². The SMILES string of the molecule is C#CC(=O)c1ccccc1OCC=C. The van der Waals surface area contributed by atoms with Crippen LogP contribution in [0, 0.1) is 12.3 Å². The fourth-order valence-electron chi connectivity index (χ4n) is 1.01. The Morgan fingerprint density at radius 1 is 1.57 bits per heavy atom. The summed E-state index contributed by atoms with van der Waals surface area (Å²) in [5.41, 5.74) is 0.414. The van der Waals surface area contributed by atoms with Gasteiger partial charge in [-0.25, -0.2) is 0 Å². The molecule has 0 bridgehead atoms. The molecular weight excluding hydrogens is 176 g/mol. The Morgan fingerprint density at radius 3 is 2.93 bits per heavy atom. The Hall–Kier alpha value is -2.01. The van der Waals surface area contributed by atoms with Crippen LogP contribution in [-0.4, -0.2) is 12.4 Å². The number of ether oxygens (including phenoxy) is 1. The summed E-state index contributed by atoms with van der Waals surface area (Å²) in [4.78, 5) is 11.3. The van der Waals surface area contributed by atoms with Gasteiger partial charge in [0.05, 0.1) is 5.56 Å². The highest BCUT2D eigenvalue weighted by atomic mass is 16.5. The van der Waals surface area contributed by atoms with Crippen LogP contribution in [0.4, 0.5) is 0 Å². The normalized spacial score (nSPS) is 8.79. The van der Waals surface area contributed by atoms with Gasteiger partial charge in [-0.1, -0.05) is 24.8 Å². The topological polar surface area (TPSA) is 26.3 Å². The maximum atomic E-state index is 11.3. The molecule has 14 heavy (non-hydrogen) atoms. The van der Waals surface area contributed by atoms with Gasteiger partial charge in [0, 0.05) is 0 Å². The molecule has 0 aliphatic carbocycles. The Bertz CT molecular complexity index is 386. The van der Waals surface area contributed by atoms with Crippen molar-refractivity contribution in [2.45, 2.75) is 0 Å². The average Bonchev–Trinajstić information content (AvgIpc) is 2.25. The first-order valence-electron chi connectivity index (χ1n) is 4.13. The third kappa shape index (κ3) is 2.24. The van der Waals surface area contributed by atoms with E-state index in [0.717, 1.165) is 0 Å². The van der Waals surface area contributed by atoms with Gasteiger partial charge in [0.15, 0.2) is 0 Å². The molecule has 0 saturated carbocycles. The van der Waals surface area contributed by atoms with Crippen molar-refractivity contribution in [2.75, 3.05) is 6.61 Å². The van der Waals surface area contributed by atoms with Crippen LogP contribution in [0.3, 0.4) is 0 Å². The van der Waals surface area contributed by atoms with Gasteiger partial charge in [0.2, 0.25) is 5.78 Å². The Morgan fingerprint density at radius 2 is 2.29 bits per heavy atom. The zero-order valence-electron chi connectivity index (χ0n) is 7.69. The van der Waals surface area contributed by atoms with E-state index >= 15 is 0 Å². The number of hydrogen-bond acceptors (Lipinski definition) is 2. The zero-order chi connectivity index (χ0) is 10.4. The molecule has 0 fully saturated rings. The van der Waals surface area contributed by atoms with Crippen molar-refractivity contribution in [1.29, 1.82) is 0 Å². The van der Waals surface area contributed by atoms with Crippen LogP contribution >= 0.6 is 0 Å². The van der Waals surface area contributed by atoms with Crippen LogP contribution in [0.1, 0.15) is 10.4 Å². The molecule has 2 heteroatoms. The summed E-state index contributed by atoms with van der Waals surface area (Å²) in [5.74, 6) is 2.18. The molecule has 0 aliphatic rings. The van der Waals surface area contributed by atoms with Crippen molar-refractivity contribution < 1.29 is 9.53 Å². The minimum absolute atomic E-state index is 0.356. The van der Waals surface area contributed by atoms with E-state index in [-0.39, 0.29) is 5.78 Å². The summed E-state index contributed by atoms with van der Waals surface area (Å²) in [7, 11) is 0. The van der Waals surface area contributed by atoms with Crippen LogP contribution < -0.4 is 4.74 Å². The van der Waals surface area contributed by atoms with Gasteiger partial charge in [-0.15, -0.1) is 6.42 Å². The molecule has 0 N–H and O–H groups in total. The van der Waals surface area contributed by atoms with E-state index in [9.17, 15) is 4.79 Å². The maximum absolute atomic E-state index is 11.3. The van der Waals surface area contributed by atoms with Crippen molar-refractivity contribution in [3.05, 3.63) is 42.5 Å². The molecule has 0 atom stereocenters. The van der Waals surface area contributed by atoms with Gasteiger partial charge in [0.25, 0.3) is 0 Å². The maximum Gasteiger partial charge on any atom is 0.239 e. The average molecular weight is 186 g/mol. The fourth-order valence-corrected chi connectivity index (χ4v) is 1.01. The van der Waals surface area contributed by atoms with Gasteiger partial charge in [-0.3, -0.25) is 4.79 Å². The molecule has 0 saturated heterocycles. The summed E-state index contributed by atoms with van der Waals surface area (Å²) in [5, 5.41) is 0. The number of para-hydroxylation sites is 1. The molecule has 1 rings (SSSR count). The van der Waals surface area contributed by atoms with E-state index in [0.29, 0.717) is 17.9 Å². The van der Waals surface area contributed by atoms with E-state index in [1.54, 1.807) is 30.3 Å². The second kappa shape index (κ2) is 4.88. The molecule has 1 aromatic carbocycles. The molecular formula is C12H10O2. The molecule has 1 aromatic rings. The minimum atomic E-state index is -0.371. The van der Waals surface area contributed by atoms with E-state index in [1.165, 1.54) is 0 Å². The Labute approximate surface area is 83.2 Å². The number of Topliss-reactive ketones (excluding diaryl/α,β-unsaturated/α-hetero) is 1. The van der Waals surface area contributed by atoms with Crippen molar-refractivity contribution >= 4 is 5.78 Å². The zero-order valence-corrected chi connectivity index (χ0v) is 7.69. The molecule has 0 unspecified atom stereocenters. The highest BCUT2D eigenvalue weighted by molar-refractivity contribution is 6.10. The van der Waals surface area contributed by atoms with Crippen LogP contribution in [0.5, 0.6) is 5.75 Å². The number of hydrogen-bond donors (Lipinski definition) is 0. The number of terminal acetylenes is 1. The quantitative estimate of drug-likeness (QED) is 0.311. The lowest BCUT2D eigenvalue weighted by atomic mass is 10.1. The van der Waals surface area contributed by atoms with Crippen molar-refractivity contribution in [3.8, 4) is 18.1 Å². The summed E-state index contributed by atoms with van der Waals surface area (Å²) in [6.45, 7) is 3.88. The number of benzene rings is 1. The summed E-state index contributed by atoms with van der Waals surface area (Å²) in [6, 6.07) is 6.87. The van der Waals surface area contributed by atoms with Crippen LogP contribution in [0.25, 0.3) is 0 Å². The lowest BCUT2D eigenvalue weighted by Gasteiger charge is -2.06. The lowest BCUT2D eigenvalue weighted by molar-refractivity contribution is 0.105. The third-order valence-electron chi connectivity index (χ3n) is 1.62.